The minimum atomic E-state index is -0.689. The molecule has 2 aromatic carbocycles. The van der Waals surface area contributed by atoms with Crippen LogP contribution in [0.5, 0.6) is 0 Å². The van der Waals surface area contributed by atoms with Gasteiger partial charge < -0.3 is 0 Å². The van der Waals surface area contributed by atoms with Crippen LogP contribution >= 0.6 is 7.92 Å². The molecule has 1 aliphatic heterocycles. The number of rotatable bonds is 1. The summed E-state index contributed by atoms with van der Waals surface area (Å²) in [6.45, 7) is 22.5. The molecule has 0 amide bonds. The standard InChI is InChI=1S/C16H13P.5CO.W/c1-2-8-16(9-3-1)17-12-10-14-6-4-5-7-15(14)11-13-17;5*1-2;/h1-13H;;;;;;/p+1. The van der Waals surface area contributed by atoms with E-state index < -0.39 is 7.92 Å². The maximum atomic E-state index is 7.50. The zero-order chi connectivity index (χ0) is 21.5. The molecule has 0 saturated heterocycles. The molecular weight excluding hydrogens is 547 g/mol. The Hall–Kier alpha value is -2.26. The monoisotopic (exact) mass is 561 g/mol. The predicted molar refractivity (Wildman–Crippen MR) is 98.5 cm³/mol. The molecule has 1 heterocycles. The quantitative estimate of drug-likeness (QED) is 0.286. The second-order valence-electron chi connectivity index (χ2n) is 4.12. The normalized spacial score (nSPS) is 9.07. The second-order valence-corrected chi connectivity index (χ2v) is 6.27. The van der Waals surface area contributed by atoms with Crippen molar-refractivity contribution in [2.45, 2.75) is 0 Å². The summed E-state index contributed by atoms with van der Waals surface area (Å²) in [6, 6.07) is 19.3. The third kappa shape index (κ3) is 13.0. The molecule has 138 valence electrons. The Balaban J connectivity index is -0.000000230. The summed E-state index contributed by atoms with van der Waals surface area (Å²) in [5, 5.41) is 1.44. The average Bonchev–Trinajstić information content (AvgIpc) is 3.04. The summed E-state index contributed by atoms with van der Waals surface area (Å²) < 4.78 is 37.5. The molecule has 0 aromatic heterocycles. The molecule has 0 fully saturated rings. The fourth-order valence-electron chi connectivity index (χ4n) is 2.05. The van der Waals surface area contributed by atoms with Crippen LogP contribution in [0.1, 0.15) is 11.1 Å². The van der Waals surface area contributed by atoms with Crippen molar-refractivity contribution in [3.63, 3.8) is 0 Å². The van der Waals surface area contributed by atoms with E-state index in [1.54, 1.807) is 0 Å². The van der Waals surface area contributed by atoms with Crippen molar-refractivity contribution in [3.05, 3.63) is 111 Å². The average molecular weight is 561 g/mol. The molecule has 3 rings (SSSR count). The van der Waals surface area contributed by atoms with E-state index in [2.05, 4.69) is 112 Å². The molecule has 2 aromatic rings. The van der Waals surface area contributed by atoms with E-state index in [1.165, 1.54) is 16.4 Å². The van der Waals surface area contributed by atoms with Crippen LogP contribution in [0, 0.1) is 33.3 Å². The van der Waals surface area contributed by atoms with Gasteiger partial charge in [-0.1, -0.05) is 42.5 Å². The van der Waals surface area contributed by atoms with E-state index >= 15 is 0 Å². The minimum Gasteiger partial charge on any atom is 0 e. The summed E-state index contributed by atoms with van der Waals surface area (Å²) in [7, 11) is -0.689. The van der Waals surface area contributed by atoms with Gasteiger partial charge in [-0.3, -0.25) is 0 Å². The van der Waals surface area contributed by atoms with Crippen molar-refractivity contribution >= 4 is 25.4 Å². The fourth-order valence-corrected chi connectivity index (χ4v) is 3.84. The van der Waals surface area contributed by atoms with Crippen LogP contribution in [0.15, 0.2) is 66.2 Å². The maximum absolute atomic E-state index is 7.50. The third-order valence-electron chi connectivity index (χ3n) is 2.99. The first kappa shape index (κ1) is 33.3. The minimum absolute atomic E-state index is 0. The van der Waals surface area contributed by atoms with Gasteiger partial charge >= 0.3 is 56.5 Å². The molecule has 5 nitrogen and oxygen atoms in total. The maximum Gasteiger partial charge on any atom is 0 e. The van der Waals surface area contributed by atoms with E-state index in [4.69, 9.17) is 23.3 Å². The van der Waals surface area contributed by atoms with E-state index in [0.717, 1.165) is 0 Å². The van der Waals surface area contributed by atoms with E-state index in [1.807, 2.05) is 0 Å². The molecule has 0 radical (unpaired) electrons. The fraction of sp³-hybridized carbons (Fsp3) is 0. The van der Waals surface area contributed by atoms with E-state index in [-0.39, 0.29) is 21.1 Å². The Kier molecular flexibility index (Phi) is 32.1. The predicted octanol–water partition coefficient (Wildman–Crippen LogP) is 3.99. The molecule has 0 aliphatic carbocycles. The van der Waals surface area contributed by atoms with Gasteiger partial charge in [-0.25, -0.2) is 0 Å². The molecule has 0 atom stereocenters. The zero-order valence-corrected chi connectivity index (χ0v) is 18.4. The Bertz CT molecular complexity index is 722. The van der Waals surface area contributed by atoms with Crippen molar-refractivity contribution in [3.8, 4) is 0 Å². The zero-order valence-electron chi connectivity index (χ0n) is 14.5. The van der Waals surface area contributed by atoms with Crippen molar-refractivity contribution in [1.29, 1.82) is 0 Å². The van der Waals surface area contributed by atoms with Gasteiger partial charge in [-0.05, 0) is 35.4 Å². The summed E-state index contributed by atoms with van der Waals surface area (Å²) >= 11 is 0. The molecule has 28 heavy (non-hydrogen) atoms. The van der Waals surface area contributed by atoms with Crippen LogP contribution in [-0.4, -0.2) is 0 Å². The number of hydrogen-bond acceptors (Lipinski definition) is 0. The SMILES string of the molecule is C1=C[PH+](c2ccccc2)C=Cc2ccccc21.[C-]#[O+].[C-]#[O+].[C-]#[O+].[C-]#[O+].[C-]#[O+].[W]. The molecule has 0 N–H and O–H groups in total. The topological polar surface area (TPSA) is 99.5 Å². The molecular formula is C21H14O5PW+. The summed E-state index contributed by atoms with van der Waals surface area (Å²) in [4.78, 5) is 0. The number of benzene rings is 2. The molecule has 7 heteroatoms. The van der Waals surface area contributed by atoms with Crippen LogP contribution in [0.3, 0.4) is 0 Å². The second kappa shape index (κ2) is 27.0. The van der Waals surface area contributed by atoms with Gasteiger partial charge in [0.15, 0.2) is 0 Å². The first-order valence-corrected chi connectivity index (χ1v) is 8.48. The molecule has 0 saturated carbocycles. The van der Waals surface area contributed by atoms with Crippen LogP contribution in [0.2, 0.25) is 0 Å². The Labute approximate surface area is 180 Å². The van der Waals surface area contributed by atoms with E-state index in [9.17, 15) is 0 Å². The third-order valence-corrected chi connectivity index (χ3v) is 5.04. The number of hydrogen-bond donors (Lipinski definition) is 0. The van der Waals surface area contributed by atoms with Crippen LogP contribution < -0.4 is 5.30 Å². The molecule has 0 unspecified atom stereocenters. The van der Waals surface area contributed by atoms with Gasteiger partial charge in [-0.15, -0.1) is 0 Å². The van der Waals surface area contributed by atoms with Gasteiger partial charge in [0.05, 0.1) is 19.6 Å². The Morgan fingerprint density at radius 1 is 0.500 bits per heavy atom. The Morgan fingerprint density at radius 3 is 1.18 bits per heavy atom. The summed E-state index contributed by atoms with van der Waals surface area (Å²) in [6.07, 6.45) is 4.52. The van der Waals surface area contributed by atoms with Gasteiger partial charge in [-0.2, -0.15) is 0 Å². The van der Waals surface area contributed by atoms with Crippen LogP contribution in [-0.2, 0) is 44.3 Å². The van der Waals surface area contributed by atoms with E-state index in [0.29, 0.717) is 0 Å². The largest absolute Gasteiger partial charge is 0 e. The molecule has 0 spiro atoms. The van der Waals surface area contributed by atoms with Crippen LogP contribution in [0.4, 0.5) is 0 Å². The first-order valence-electron chi connectivity index (χ1n) is 6.83. The summed E-state index contributed by atoms with van der Waals surface area (Å²) in [5.41, 5.74) is 2.64. The molecule has 0 bridgehead atoms. The van der Waals surface area contributed by atoms with Crippen molar-refractivity contribution in [1.82, 2.24) is 0 Å². The van der Waals surface area contributed by atoms with Gasteiger partial charge in [0, 0.05) is 21.1 Å². The molecule has 1 aliphatic rings. The Morgan fingerprint density at radius 2 is 0.821 bits per heavy atom. The van der Waals surface area contributed by atoms with Gasteiger partial charge in [0.1, 0.15) is 5.30 Å². The van der Waals surface area contributed by atoms with Gasteiger partial charge in [0.2, 0.25) is 0 Å². The smallest absolute Gasteiger partial charge is 0 e. The summed E-state index contributed by atoms with van der Waals surface area (Å²) in [5.74, 6) is 4.73. The van der Waals surface area contributed by atoms with Crippen molar-refractivity contribution in [2.24, 2.45) is 0 Å². The van der Waals surface area contributed by atoms with Gasteiger partial charge in [0.25, 0.3) is 0 Å². The first-order chi connectivity index (χ1) is 13.4. The van der Waals surface area contributed by atoms with Crippen LogP contribution in [0.25, 0.3) is 12.2 Å². The van der Waals surface area contributed by atoms with Crippen molar-refractivity contribution in [2.75, 3.05) is 0 Å². The van der Waals surface area contributed by atoms with Crippen molar-refractivity contribution < 1.29 is 44.3 Å². The number of fused-ring (bicyclic) bond motifs is 1.